The molecule has 33 heavy (non-hydrogen) atoms. The van der Waals surface area contributed by atoms with Gasteiger partial charge in [-0.1, -0.05) is 31.7 Å². The SMILES string of the molecule is C=C(Cc1ccc(OC)cc1)c1c(F)ccc(F)c1C(=O)/C(=C\C)C(=O)C(=N)CC(C)CO. The van der Waals surface area contributed by atoms with E-state index in [9.17, 15) is 18.4 Å². The second-order valence-corrected chi connectivity index (χ2v) is 7.74. The number of hydrogen-bond donors (Lipinski definition) is 2. The molecule has 0 aliphatic heterocycles. The summed E-state index contributed by atoms with van der Waals surface area (Å²) in [5.74, 6) is -3.48. The first-order valence-electron chi connectivity index (χ1n) is 10.4. The van der Waals surface area contributed by atoms with Crippen molar-refractivity contribution < 1.29 is 28.2 Å². The van der Waals surface area contributed by atoms with Crippen LogP contribution in [0.5, 0.6) is 5.75 Å². The van der Waals surface area contributed by atoms with Crippen molar-refractivity contribution in [3.05, 3.63) is 83.0 Å². The summed E-state index contributed by atoms with van der Waals surface area (Å²) in [6.07, 6.45) is 1.26. The average molecular weight is 456 g/mol. The van der Waals surface area contributed by atoms with Gasteiger partial charge in [0, 0.05) is 12.2 Å². The normalized spacial score (nSPS) is 12.2. The van der Waals surface area contributed by atoms with Crippen molar-refractivity contribution in [1.29, 1.82) is 5.41 Å². The fraction of sp³-hybridized carbons (Fsp3) is 0.269. The molecule has 5 nitrogen and oxygen atoms in total. The highest BCUT2D eigenvalue weighted by Gasteiger charge is 2.29. The summed E-state index contributed by atoms with van der Waals surface area (Å²) in [6.45, 7) is 6.68. The molecule has 7 heteroatoms. The topological polar surface area (TPSA) is 87.5 Å². The second kappa shape index (κ2) is 11.4. The first kappa shape index (κ1) is 25.8. The van der Waals surface area contributed by atoms with Gasteiger partial charge in [-0.25, -0.2) is 8.78 Å². The lowest BCUT2D eigenvalue weighted by Crippen LogP contribution is -2.25. The van der Waals surface area contributed by atoms with E-state index in [1.165, 1.54) is 20.1 Å². The Morgan fingerprint density at radius 2 is 1.70 bits per heavy atom. The Bertz CT molecular complexity index is 1100. The Hall–Kier alpha value is -3.45. The number of benzene rings is 2. The number of nitrogens with one attached hydrogen (secondary N) is 1. The van der Waals surface area contributed by atoms with Gasteiger partial charge in [0.1, 0.15) is 17.4 Å². The number of allylic oxidation sites excluding steroid dienone is 3. The molecule has 0 bridgehead atoms. The van der Waals surface area contributed by atoms with Gasteiger partial charge in [0.15, 0.2) is 5.78 Å². The minimum absolute atomic E-state index is 0.0530. The van der Waals surface area contributed by atoms with Gasteiger partial charge in [-0.05, 0) is 61.1 Å². The second-order valence-electron chi connectivity index (χ2n) is 7.74. The van der Waals surface area contributed by atoms with Crippen LogP contribution in [-0.2, 0) is 11.2 Å². The van der Waals surface area contributed by atoms with Gasteiger partial charge in [-0.15, -0.1) is 0 Å². The van der Waals surface area contributed by atoms with Crippen LogP contribution in [0.3, 0.4) is 0 Å². The molecule has 0 radical (unpaired) electrons. The summed E-state index contributed by atoms with van der Waals surface area (Å²) >= 11 is 0. The van der Waals surface area contributed by atoms with E-state index >= 15 is 0 Å². The van der Waals surface area contributed by atoms with Crippen molar-refractivity contribution in [2.24, 2.45) is 5.92 Å². The van der Waals surface area contributed by atoms with Crippen LogP contribution in [0, 0.1) is 23.0 Å². The van der Waals surface area contributed by atoms with Crippen LogP contribution >= 0.6 is 0 Å². The first-order valence-corrected chi connectivity index (χ1v) is 10.4. The highest BCUT2D eigenvalue weighted by atomic mass is 19.1. The molecule has 174 valence electrons. The van der Waals surface area contributed by atoms with Gasteiger partial charge in [-0.3, -0.25) is 9.59 Å². The predicted molar refractivity (Wildman–Crippen MR) is 124 cm³/mol. The van der Waals surface area contributed by atoms with Crippen LogP contribution < -0.4 is 4.74 Å². The predicted octanol–water partition coefficient (Wildman–Crippen LogP) is 4.97. The lowest BCUT2D eigenvalue weighted by Gasteiger charge is -2.16. The van der Waals surface area contributed by atoms with E-state index in [0.29, 0.717) is 5.75 Å². The molecule has 2 rings (SSSR count). The van der Waals surface area contributed by atoms with Gasteiger partial charge in [-0.2, -0.15) is 0 Å². The average Bonchev–Trinajstić information content (AvgIpc) is 2.80. The fourth-order valence-electron chi connectivity index (χ4n) is 3.37. The van der Waals surface area contributed by atoms with Crippen LogP contribution in [0.2, 0.25) is 0 Å². The molecule has 0 heterocycles. The lowest BCUT2D eigenvalue weighted by molar-refractivity contribution is -0.109. The van der Waals surface area contributed by atoms with Crippen molar-refractivity contribution >= 4 is 22.9 Å². The quantitative estimate of drug-likeness (QED) is 0.165. The maximum absolute atomic E-state index is 14.8. The summed E-state index contributed by atoms with van der Waals surface area (Å²) in [5, 5.41) is 17.2. The molecule has 0 spiro atoms. The summed E-state index contributed by atoms with van der Waals surface area (Å²) in [6, 6.07) is 8.64. The maximum Gasteiger partial charge on any atom is 0.210 e. The monoisotopic (exact) mass is 455 g/mol. The van der Waals surface area contributed by atoms with Crippen LogP contribution in [0.4, 0.5) is 8.78 Å². The molecular formula is C26H27F2NO4. The third kappa shape index (κ3) is 6.08. The number of hydrogen-bond acceptors (Lipinski definition) is 5. The largest absolute Gasteiger partial charge is 0.497 e. The number of ketones is 2. The van der Waals surface area contributed by atoms with Crippen molar-refractivity contribution in [2.75, 3.05) is 13.7 Å². The molecule has 0 aliphatic carbocycles. The van der Waals surface area contributed by atoms with Crippen molar-refractivity contribution in [2.45, 2.75) is 26.7 Å². The molecule has 1 unspecified atom stereocenters. The number of Topliss-reactive ketones (excluding diaryl/α,β-unsaturated/α-hetero) is 2. The Labute approximate surface area is 191 Å². The highest BCUT2D eigenvalue weighted by molar-refractivity contribution is 6.52. The number of ether oxygens (including phenoxy) is 1. The molecular weight excluding hydrogens is 428 g/mol. The minimum Gasteiger partial charge on any atom is -0.497 e. The molecule has 0 saturated carbocycles. The van der Waals surface area contributed by atoms with Gasteiger partial charge in [0.05, 0.1) is 24.0 Å². The van der Waals surface area contributed by atoms with Crippen LogP contribution in [0.1, 0.15) is 41.8 Å². The van der Waals surface area contributed by atoms with Crippen molar-refractivity contribution in [3.63, 3.8) is 0 Å². The molecule has 2 N–H and O–H groups in total. The van der Waals surface area contributed by atoms with E-state index in [2.05, 4.69) is 6.58 Å². The summed E-state index contributed by atoms with van der Waals surface area (Å²) < 4.78 is 34.8. The van der Waals surface area contributed by atoms with Gasteiger partial charge in [0.25, 0.3) is 0 Å². The molecule has 2 aromatic rings. The fourth-order valence-corrected chi connectivity index (χ4v) is 3.37. The van der Waals surface area contributed by atoms with Crippen LogP contribution in [0.15, 0.2) is 54.6 Å². The zero-order chi connectivity index (χ0) is 24.7. The smallest absolute Gasteiger partial charge is 0.210 e. The Balaban J connectivity index is 2.44. The van der Waals surface area contributed by atoms with E-state index in [0.717, 1.165) is 17.7 Å². The van der Waals surface area contributed by atoms with Gasteiger partial charge >= 0.3 is 0 Å². The summed E-state index contributed by atoms with van der Waals surface area (Å²) in [5.41, 5.74) is -0.838. The molecule has 0 fully saturated rings. The van der Waals surface area contributed by atoms with E-state index < -0.39 is 40.0 Å². The van der Waals surface area contributed by atoms with Crippen LogP contribution in [0.25, 0.3) is 5.57 Å². The van der Waals surface area contributed by atoms with Crippen LogP contribution in [-0.4, -0.2) is 36.1 Å². The summed E-state index contributed by atoms with van der Waals surface area (Å²) in [7, 11) is 1.53. The van der Waals surface area contributed by atoms with Crippen molar-refractivity contribution in [3.8, 4) is 5.75 Å². The zero-order valence-electron chi connectivity index (χ0n) is 18.9. The molecule has 0 aliphatic rings. The number of carbonyl (C=O) groups is 2. The molecule has 0 saturated heterocycles. The number of methoxy groups -OCH3 is 1. The lowest BCUT2D eigenvalue weighted by atomic mass is 9.88. The third-order valence-electron chi connectivity index (χ3n) is 5.18. The number of aliphatic hydroxyl groups excluding tert-OH is 1. The molecule has 1 atom stereocenters. The van der Waals surface area contributed by atoms with Crippen molar-refractivity contribution in [1.82, 2.24) is 0 Å². The number of aliphatic hydroxyl groups is 1. The highest BCUT2D eigenvalue weighted by Crippen LogP contribution is 2.29. The number of carbonyl (C=O) groups excluding carboxylic acids is 2. The Kier molecular flexibility index (Phi) is 8.94. The third-order valence-corrected chi connectivity index (χ3v) is 5.18. The Morgan fingerprint density at radius 1 is 1.12 bits per heavy atom. The standard InChI is InChI=1S/C26H27F2NO4/c1-5-19(25(31)22(29)12-15(2)14-30)26(32)24-21(28)11-10-20(27)23(24)16(3)13-17-6-8-18(33-4)9-7-17/h5-11,15,29-30H,3,12-14H2,1-2,4H3/b19-5-,29-22?. The minimum atomic E-state index is -1.02. The number of rotatable bonds is 11. The van der Waals surface area contributed by atoms with Gasteiger partial charge in [0.2, 0.25) is 5.78 Å². The molecule has 0 amide bonds. The molecule has 2 aromatic carbocycles. The van der Waals surface area contributed by atoms with E-state index in [4.69, 9.17) is 15.3 Å². The van der Waals surface area contributed by atoms with E-state index in [1.807, 2.05) is 0 Å². The number of halogens is 2. The maximum atomic E-state index is 14.8. The van der Waals surface area contributed by atoms with Gasteiger partial charge < -0.3 is 15.3 Å². The van der Waals surface area contributed by atoms with E-state index in [1.54, 1.807) is 31.2 Å². The summed E-state index contributed by atoms with van der Waals surface area (Å²) in [4.78, 5) is 25.9. The Morgan fingerprint density at radius 3 is 2.21 bits per heavy atom. The van der Waals surface area contributed by atoms with E-state index in [-0.39, 0.29) is 36.5 Å². The molecule has 0 aromatic heterocycles. The first-order chi connectivity index (χ1) is 15.6. The zero-order valence-corrected chi connectivity index (χ0v) is 18.9.